The summed E-state index contributed by atoms with van der Waals surface area (Å²) in [6.45, 7) is -7.68. The van der Waals surface area contributed by atoms with Crippen molar-refractivity contribution >= 4 is 17.7 Å². The van der Waals surface area contributed by atoms with Gasteiger partial charge in [-0.2, -0.15) is 0 Å². The number of aliphatic hydroxyl groups is 23. The molecule has 30 aliphatic rings. The van der Waals surface area contributed by atoms with Crippen molar-refractivity contribution in [2.75, 3.05) is 52.0 Å². The van der Waals surface area contributed by atoms with Crippen molar-refractivity contribution < 1.29 is 203 Å². The summed E-state index contributed by atoms with van der Waals surface area (Å²) in [5.74, 6) is -1.81. The summed E-state index contributed by atoms with van der Waals surface area (Å²) in [6, 6.07) is 5.57. The third-order valence-corrected chi connectivity index (χ3v) is 19.4. The molecule has 16 bridgehead atoms. The van der Waals surface area contributed by atoms with E-state index in [4.69, 9.17) is 75.8 Å². The Labute approximate surface area is 551 Å². The Bertz CT molecular complexity index is 2630. The molecule has 0 amide bonds. The Morgan fingerprint density at radius 2 is 0.443 bits per heavy atom. The van der Waals surface area contributed by atoms with Crippen LogP contribution in [0.2, 0.25) is 0 Å². The van der Waals surface area contributed by atoms with Gasteiger partial charge in [-0.15, -0.1) is 11.8 Å². The summed E-state index contributed by atoms with van der Waals surface area (Å²) < 4.78 is 92.8. The highest BCUT2D eigenvalue weighted by atomic mass is 32.2. The number of carboxylic acid groups (broad SMARTS) is 1. The minimum Gasteiger partial charge on any atom is -0.478 e. The third kappa shape index (κ3) is 15.7. The van der Waals surface area contributed by atoms with Crippen LogP contribution >= 0.6 is 11.8 Å². The van der Waals surface area contributed by atoms with Crippen LogP contribution in [0.3, 0.4) is 0 Å². The maximum Gasteiger partial charge on any atom is 0.336 e. The van der Waals surface area contributed by atoms with Crippen molar-refractivity contribution in [3.05, 3.63) is 29.8 Å². The minimum atomic E-state index is -2.29. The predicted molar refractivity (Wildman–Crippen MR) is 298 cm³/mol. The summed E-state index contributed by atoms with van der Waals surface area (Å²) in [6.07, 6.45) is -82.8. The first-order valence-corrected chi connectivity index (χ1v) is 31.8. The average Bonchev–Trinajstić information content (AvgIpc) is 0.778. The lowest BCUT2D eigenvalue weighted by atomic mass is 9.95. The number of carboxylic acids is 1. The topological polar surface area (TPSA) is 650 Å². The van der Waals surface area contributed by atoms with Crippen LogP contribution in [0.15, 0.2) is 29.2 Å². The zero-order valence-electron chi connectivity index (χ0n) is 50.6. The summed E-state index contributed by atoms with van der Waals surface area (Å²) in [5.41, 5.74) is -0.214. The molecule has 0 aromatic heterocycles. The van der Waals surface area contributed by atoms with Gasteiger partial charge in [-0.3, -0.25) is 0 Å². The lowest BCUT2D eigenvalue weighted by Crippen LogP contribution is -2.69. The van der Waals surface area contributed by atoms with E-state index in [1.165, 1.54) is 24.3 Å². The number of ether oxygens (including phenoxy) is 16. The molecule has 30 fully saturated rings. The van der Waals surface area contributed by atoms with Crippen LogP contribution in [-0.2, 0) is 75.8 Å². The molecule has 30 heterocycles. The first kappa shape index (κ1) is 77.1. The van der Waals surface area contributed by atoms with E-state index in [-0.39, 0.29) is 10.5 Å². The van der Waals surface area contributed by atoms with Crippen molar-refractivity contribution in [3.63, 3.8) is 0 Å². The van der Waals surface area contributed by atoms with E-state index in [9.17, 15) is 127 Å². The Balaban J connectivity index is 0.936. The fourth-order valence-corrected chi connectivity index (χ4v) is 13.9. The fourth-order valence-electron chi connectivity index (χ4n) is 12.8. The van der Waals surface area contributed by atoms with Crippen molar-refractivity contribution in [1.82, 2.24) is 0 Å². The third-order valence-electron chi connectivity index (χ3n) is 18.2. The van der Waals surface area contributed by atoms with Gasteiger partial charge < -0.3 is 198 Å². The van der Waals surface area contributed by atoms with Crippen molar-refractivity contribution in [2.45, 2.75) is 251 Å². The van der Waals surface area contributed by atoms with Crippen LogP contribution < -0.4 is 0 Å². The van der Waals surface area contributed by atoms with E-state index in [0.717, 1.165) is 11.8 Å². The molecule has 30 saturated heterocycles. The SMILES string of the molecule is O=C(O)c1ccccc1SCC1O[C@@H]2O[C@@H]3C(CO)O[C@H](O[C@@H]4C(CO)O[C@H](O[C@@H]5C(CO)O[C@H](O[C@@H]6C(CO)O[C@H](O[C@@H]7C(CO)O[C@H](O[C@@H]8C(CO)O[C@H](O[C@@H]9C(CO)O[C@H](O[C@H]1C(O)C2O)C(O)C9O)C(O)C8O)C(O)C7O)C(O)C6O)C(O)C5O)C(O)C4O)C(O)C3O. The van der Waals surface area contributed by atoms with E-state index in [1.54, 1.807) is 0 Å². The Kier molecular flexibility index (Phi) is 26.3. The van der Waals surface area contributed by atoms with Gasteiger partial charge in [0.1, 0.15) is 189 Å². The smallest absolute Gasteiger partial charge is 0.336 e. The standard InChI is InChI=1S/C55H84O41S/c56-5-14-39-23(63)31(71)48(81-14)90-40-15(6-57)83-50(33(73)25(40)65)92-42-17(8-59)85-52(35(75)27(42)67)94-44-19(10-61)87-54(37(77)29(44)69)96-46-21(12-97-22-4-2-1-3-13(22)47(79)80)88-55(38(78)30(46)70)95-45-20(11-62)86-53(36(76)28(45)68)93-43-18(9-60)84-51(34(74)26(43)66)91-41-16(7-58)82-49(89-39)32(72)24(41)64/h1-4,14-21,23-46,48-78H,5-12H2,(H,79,80)/t14?,15?,16?,17?,18?,19?,20?,21?,23?,24?,25?,26?,27?,28?,29?,30?,31?,32?,33?,34?,35?,36?,37?,38?,39-,40-,41-,42-,43-,44-,45-,46-,48-,49-,50-,51-,52-,53-,54-,55-/m1/s1. The van der Waals surface area contributed by atoms with E-state index < -0.39 is 304 Å². The van der Waals surface area contributed by atoms with Crippen LogP contribution in [-0.4, -0.2) is 426 Å². The normalized spacial score (nSPS) is 51.2. The number of aliphatic hydroxyl groups excluding tert-OH is 23. The highest BCUT2D eigenvalue weighted by Gasteiger charge is 2.60. The lowest BCUT2D eigenvalue weighted by molar-refractivity contribution is -0.403. The van der Waals surface area contributed by atoms with Crippen LogP contribution in [0.1, 0.15) is 10.4 Å². The molecule has 30 aliphatic heterocycles. The lowest BCUT2D eigenvalue weighted by Gasteiger charge is -2.50. The molecule has 97 heavy (non-hydrogen) atoms. The Morgan fingerprint density at radius 1 is 0.268 bits per heavy atom. The molecule has 1 aromatic carbocycles. The van der Waals surface area contributed by atoms with E-state index >= 15 is 0 Å². The molecule has 556 valence electrons. The molecule has 0 spiro atoms. The van der Waals surface area contributed by atoms with E-state index in [1.807, 2.05) is 0 Å². The first-order chi connectivity index (χ1) is 46.2. The molecule has 1 aromatic rings. The number of rotatable bonds is 11. The van der Waals surface area contributed by atoms with Gasteiger partial charge >= 0.3 is 5.97 Å². The fraction of sp³-hybridized carbons (Fsp3) is 0.873. The van der Waals surface area contributed by atoms with Crippen LogP contribution in [0.5, 0.6) is 0 Å². The molecule has 0 aliphatic carbocycles. The van der Waals surface area contributed by atoms with E-state index in [0.29, 0.717) is 0 Å². The monoisotopic (exact) mass is 1430 g/mol. The molecule has 42 heteroatoms. The van der Waals surface area contributed by atoms with Crippen LogP contribution in [0, 0.1) is 0 Å². The largest absolute Gasteiger partial charge is 0.478 e. The number of aromatic carboxylic acids is 1. The second-order valence-electron chi connectivity index (χ2n) is 24.4. The molecule has 24 unspecified atom stereocenters. The number of benzene rings is 1. The Hall–Kier alpha value is -2.52. The van der Waals surface area contributed by atoms with Gasteiger partial charge in [0.25, 0.3) is 0 Å². The van der Waals surface area contributed by atoms with Gasteiger partial charge in [0.2, 0.25) is 0 Å². The number of thioether (sulfide) groups is 1. The molecule has 24 N–H and O–H groups in total. The maximum atomic E-state index is 12.2. The van der Waals surface area contributed by atoms with Gasteiger partial charge in [-0.1, -0.05) is 12.1 Å². The summed E-state index contributed by atoms with van der Waals surface area (Å²) in [5, 5.41) is 268. The summed E-state index contributed by atoms with van der Waals surface area (Å²) in [4.78, 5) is 12.4. The van der Waals surface area contributed by atoms with Gasteiger partial charge in [0.05, 0.1) is 57.9 Å². The van der Waals surface area contributed by atoms with Gasteiger partial charge in [-0.05, 0) is 12.1 Å². The molecule has 41 nitrogen and oxygen atoms in total. The second-order valence-corrected chi connectivity index (χ2v) is 25.5. The maximum absolute atomic E-state index is 12.2. The van der Waals surface area contributed by atoms with Crippen molar-refractivity contribution in [1.29, 1.82) is 0 Å². The average molecular weight is 1430 g/mol. The van der Waals surface area contributed by atoms with E-state index in [2.05, 4.69) is 0 Å². The van der Waals surface area contributed by atoms with Crippen molar-refractivity contribution in [2.24, 2.45) is 0 Å². The van der Waals surface area contributed by atoms with Crippen LogP contribution in [0.25, 0.3) is 0 Å². The number of carbonyl (C=O) groups is 1. The Morgan fingerprint density at radius 3 is 0.629 bits per heavy atom. The van der Waals surface area contributed by atoms with Gasteiger partial charge in [0.15, 0.2) is 50.3 Å². The van der Waals surface area contributed by atoms with Gasteiger partial charge in [0, 0.05) is 10.6 Å². The van der Waals surface area contributed by atoms with Crippen LogP contribution in [0.4, 0.5) is 0 Å². The van der Waals surface area contributed by atoms with Gasteiger partial charge in [-0.25, -0.2) is 4.79 Å². The molecule has 31 rings (SSSR count). The molecular weight excluding hydrogens is 1350 g/mol. The second kappa shape index (κ2) is 33.1. The summed E-state index contributed by atoms with van der Waals surface area (Å²) in [7, 11) is 0. The molecular formula is C55H84O41S. The molecule has 0 saturated carbocycles. The summed E-state index contributed by atoms with van der Waals surface area (Å²) >= 11 is 0.793. The zero-order chi connectivity index (χ0) is 70.3. The highest BCUT2D eigenvalue weighted by molar-refractivity contribution is 7.99. The number of hydrogen-bond acceptors (Lipinski definition) is 41. The molecule has 0 radical (unpaired) electrons. The minimum absolute atomic E-state index is 0.110. The highest BCUT2D eigenvalue weighted by Crippen LogP contribution is 2.41. The van der Waals surface area contributed by atoms with Crippen molar-refractivity contribution in [3.8, 4) is 0 Å². The first-order valence-electron chi connectivity index (χ1n) is 30.8. The quantitative estimate of drug-likeness (QED) is 0.0915. The molecule has 40 atom stereocenters. The zero-order valence-corrected chi connectivity index (χ0v) is 51.5. The predicted octanol–water partition coefficient (Wildman–Crippen LogP) is -14.9. The number of hydrogen-bond donors (Lipinski definition) is 24.